The number of allylic oxidation sites excluding steroid dienone is 11. The Morgan fingerprint density at radius 1 is 0.526 bits per heavy atom. The predicted octanol–water partition coefficient (Wildman–Crippen LogP) is 12.7. The van der Waals surface area contributed by atoms with Crippen LogP contribution in [0, 0.1) is 11.8 Å². The minimum atomic E-state index is -5.13. The summed E-state index contributed by atoms with van der Waals surface area (Å²) in [5.74, 6) is 0.840. The van der Waals surface area contributed by atoms with E-state index in [0.717, 1.165) is 89.0 Å². The number of phosphoric acid groups is 3. The van der Waals surface area contributed by atoms with Gasteiger partial charge in [0.2, 0.25) is 0 Å². The maximum absolute atomic E-state index is 11.9. The summed E-state index contributed by atoms with van der Waals surface area (Å²) in [7, 11) is -19.3. The molecule has 0 bridgehead atoms. The molecule has 332 valence electrons. The van der Waals surface area contributed by atoms with Gasteiger partial charge in [0.25, 0.3) is 0 Å². The molecule has 0 rings (SSSR count). The SMILES string of the molecule is CC(C)=CCC/C(C)=C/CC/C(=C\CCC(C)CCCP(=O)(O)OP(=O)(O)O)CC(C)CCC/C(C)=C/CC/C(C)=C/CC/C(C)=C/COP(=O)(O)OP(=O)(O)O. The Labute approximate surface area is 343 Å². The van der Waals surface area contributed by atoms with Gasteiger partial charge in [-0.2, -0.15) is 4.31 Å². The van der Waals surface area contributed by atoms with Crippen LogP contribution in [0.5, 0.6) is 0 Å². The van der Waals surface area contributed by atoms with E-state index >= 15 is 0 Å². The molecular formula is C40H74O13P4. The molecule has 0 aromatic heterocycles. The van der Waals surface area contributed by atoms with E-state index in [-0.39, 0.29) is 12.8 Å². The topological polar surface area (TPSA) is 217 Å². The first kappa shape index (κ1) is 56.0. The van der Waals surface area contributed by atoms with Gasteiger partial charge in [0.15, 0.2) is 0 Å². The van der Waals surface area contributed by atoms with E-state index in [4.69, 9.17) is 19.6 Å². The Kier molecular flexibility index (Phi) is 28.8. The van der Waals surface area contributed by atoms with Gasteiger partial charge in [0, 0.05) is 0 Å². The van der Waals surface area contributed by atoms with Crippen LogP contribution in [0.3, 0.4) is 0 Å². The van der Waals surface area contributed by atoms with E-state index in [1.807, 2.05) is 6.92 Å². The van der Waals surface area contributed by atoms with Crippen LogP contribution in [-0.2, 0) is 31.4 Å². The average Bonchev–Trinajstić information content (AvgIpc) is 3.02. The highest BCUT2D eigenvalue weighted by molar-refractivity contribution is 7.63. The summed E-state index contributed by atoms with van der Waals surface area (Å²) < 4.78 is 57.6. The number of hydrogen-bond donors (Lipinski definition) is 6. The fraction of sp³-hybridized carbons (Fsp3) is 0.700. The van der Waals surface area contributed by atoms with Gasteiger partial charge in [-0.25, -0.2) is 18.0 Å². The second-order valence-electron chi connectivity index (χ2n) is 15.8. The smallest absolute Gasteiger partial charge is 0.324 e. The number of phosphoric ester groups is 1. The van der Waals surface area contributed by atoms with E-state index in [0.29, 0.717) is 31.1 Å². The molecular weight excluding hydrogens is 812 g/mol. The molecule has 57 heavy (non-hydrogen) atoms. The van der Waals surface area contributed by atoms with Crippen LogP contribution in [0.25, 0.3) is 0 Å². The molecule has 0 aromatic rings. The number of rotatable bonds is 32. The Bertz CT molecular complexity index is 1560. The molecule has 0 fully saturated rings. The fourth-order valence-electron chi connectivity index (χ4n) is 6.15. The Morgan fingerprint density at radius 3 is 1.53 bits per heavy atom. The second kappa shape index (κ2) is 29.3. The first-order valence-electron chi connectivity index (χ1n) is 20.0. The fourth-order valence-corrected chi connectivity index (χ4v) is 9.92. The molecule has 0 saturated carbocycles. The van der Waals surface area contributed by atoms with Crippen molar-refractivity contribution in [1.29, 1.82) is 0 Å². The van der Waals surface area contributed by atoms with Gasteiger partial charge in [-0.05, 0) is 143 Å². The molecule has 0 aliphatic heterocycles. The van der Waals surface area contributed by atoms with Crippen molar-refractivity contribution >= 4 is 31.1 Å². The molecule has 13 nitrogen and oxygen atoms in total. The molecule has 6 N–H and O–H groups in total. The molecule has 0 aromatic carbocycles. The van der Waals surface area contributed by atoms with Crippen molar-refractivity contribution in [2.24, 2.45) is 11.8 Å². The van der Waals surface area contributed by atoms with Crippen LogP contribution in [0.4, 0.5) is 0 Å². The van der Waals surface area contributed by atoms with Gasteiger partial charge in [-0.15, -0.1) is 0 Å². The van der Waals surface area contributed by atoms with Gasteiger partial charge in [0.1, 0.15) is 0 Å². The summed E-state index contributed by atoms with van der Waals surface area (Å²) in [6.45, 7) is 16.7. The van der Waals surface area contributed by atoms with Crippen LogP contribution in [0.2, 0.25) is 0 Å². The van der Waals surface area contributed by atoms with E-state index in [9.17, 15) is 28.0 Å². The Balaban J connectivity index is 4.94. The zero-order chi connectivity index (χ0) is 43.7. The van der Waals surface area contributed by atoms with Gasteiger partial charge in [-0.1, -0.05) is 96.6 Å². The van der Waals surface area contributed by atoms with Crippen molar-refractivity contribution in [1.82, 2.24) is 0 Å². The molecule has 17 heteroatoms. The largest absolute Gasteiger partial charge is 0.481 e. The van der Waals surface area contributed by atoms with Crippen LogP contribution in [0.1, 0.15) is 158 Å². The highest BCUT2D eigenvalue weighted by Gasteiger charge is 2.32. The van der Waals surface area contributed by atoms with Crippen molar-refractivity contribution in [3.05, 3.63) is 69.9 Å². The normalized spacial score (nSPS) is 17.3. The van der Waals surface area contributed by atoms with Crippen molar-refractivity contribution in [3.8, 4) is 0 Å². The number of hydrogen-bond acceptors (Lipinski definition) is 7. The lowest BCUT2D eigenvalue weighted by Crippen LogP contribution is -2.00. The zero-order valence-electron chi connectivity index (χ0n) is 35.7. The lowest BCUT2D eigenvalue weighted by Gasteiger charge is -2.16. The summed E-state index contributed by atoms with van der Waals surface area (Å²) in [4.78, 5) is 54.1. The summed E-state index contributed by atoms with van der Waals surface area (Å²) in [5.41, 5.74) is 7.81. The summed E-state index contributed by atoms with van der Waals surface area (Å²) in [6, 6.07) is 0. The van der Waals surface area contributed by atoms with Gasteiger partial charge in [-0.3, -0.25) is 9.09 Å². The molecule has 0 aliphatic carbocycles. The van der Waals surface area contributed by atoms with Crippen LogP contribution < -0.4 is 0 Å². The van der Waals surface area contributed by atoms with Crippen molar-refractivity contribution in [2.45, 2.75) is 158 Å². The molecule has 4 atom stereocenters. The van der Waals surface area contributed by atoms with Crippen molar-refractivity contribution < 1.29 is 60.8 Å². The zero-order valence-corrected chi connectivity index (χ0v) is 39.3. The maximum atomic E-state index is 11.9. The minimum absolute atomic E-state index is 0.282. The second-order valence-corrected chi connectivity index (χ2v) is 22.0. The lowest BCUT2D eigenvalue weighted by molar-refractivity contribution is 0.190. The van der Waals surface area contributed by atoms with Crippen molar-refractivity contribution in [2.75, 3.05) is 12.8 Å². The van der Waals surface area contributed by atoms with E-state index < -0.39 is 31.1 Å². The molecule has 0 saturated heterocycles. The van der Waals surface area contributed by atoms with Gasteiger partial charge in [0.05, 0.1) is 12.8 Å². The lowest BCUT2D eigenvalue weighted by atomic mass is 9.91. The van der Waals surface area contributed by atoms with Crippen molar-refractivity contribution in [3.63, 3.8) is 0 Å². The highest BCUT2D eigenvalue weighted by atomic mass is 31.3. The third-order valence-electron chi connectivity index (χ3n) is 9.33. The molecule has 0 spiro atoms. The van der Waals surface area contributed by atoms with Crippen LogP contribution >= 0.6 is 31.1 Å². The third-order valence-corrected chi connectivity index (χ3v) is 14.2. The highest BCUT2D eigenvalue weighted by Crippen LogP contribution is 2.58. The third kappa shape index (κ3) is 36.6. The molecule has 0 heterocycles. The van der Waals surface area contributed by atoms with Gasteiger partial charge < -0.3 is 29.4 Å². The van der Waals surface area contributed by atoms with Gasteiger partial charge >= 0.3 is 31.1 Å². The minimum Gasteiger partial charge on any atom is -0.324 e. The van der Waals surface area contributed by atoms with E-state index in [1.165, 1.54) is 27.9 Å². The van der Waals surface area contributed by atoms with Crippen LogP contribution in [0.15, 0.2) is 69.9 Å². The monoisotopic (exact) mass is 886 g/mol. The maximum Gasteiger partial charge on any atom is 0.481 e. The average molecular weight is 887 g/mol. The molecule has 0 radical (unpaired) electrons. The van der Waals surface area contributed by atoms with Crippen LogP contribution in [-0.4, -0.2) is 42.1 Å². The Morgan fingerprint density at radius 2 is 1.00 bits per heavy atom. The van der Waals surface area contributed by atoms with E-state index in [1.54, 1.807) is 6.08 Å². The molecule has 0 aliphatic rings. The quantitative estimate of drug-likeness (QED) is 0.0274. The summed E-state index contributed by atoms with van der Waals surface area (Å²) in [5, 5.41) is 0. The summed E-state index contributed by atoms with van der Waals surface area (Å²) >= 11 is 0. The Hall–Kier alpha value is -1.00. The summed E-state index contributed by atoms with van der Waals surface area (Å²) in [6.07, 6.45) is 27.6. The molecule has 4 unspecified atom stereocenters. The van der Waals surface area contributed by atoms with E-state index in [2.05, 4.69) is 92.0 Å². The first-order valence-corrected chi connectivity index (χ1v) is 26.4. The standard InChI is InChI=1S/C40H74O13P4/c1-33(2)16-9-17-34(3)23-13-27-40(28-14-24-37(6)26-15-31-54(41,42)52-55(43,44)45)32-39(8)25-12-21-36(5)19-10-18-35(4)20-11-22-38(7)29-30-51-57(49,50)53-56(46,47)48/h16,19-20,23,28-29,37,39H,9-15,17-18,21-22,24-27,30-32H2,1-8H3,(H,41,42)(H,49,50)(H2,43,44,45)(H2,46,47,48)/b34-23+,35-20+,36-19+,38-29+,40-28+. The first-order chi connectivity index (χ1) is 26.3. The molecule has 0 amide bonds. The predicted molar refractivity (Wildman–Crippen MR) is 231 cm³/mol.